The van der Waals surface area contributed by atoms with Gasteiger partial charge >= 0.3 is 0 Å². The SMILES string of the molecule is CCC(CC)c1nnc(NC(=O)c2sc3cccc(F)c3c2C)s1. The Kier molecular flexibility index (Phi) is 4.91. The minimum Gasteiger partial charge on any atom is -0.296 e. The van der Waals surface area contributed by atoms with E-state index < -0.39 is 0 Å². The lowest BCUT2D eigenvalue weighted by molar-refractivity contribution is 0.103. The maximum absolute atomic E-state index is 14.0. The minimum absolute atomic E-state index is 0.264. The van der Waals surface area contributed by atoms with E-state index in [9.17, 15) is 9.18 Å². The van der Waals surface area contributed by atoms with Crippen LogP contribution in [0.3, 0.4) is 0 Å². The first-order chi connectivity index (χ1) is 11.5. The van der Waals surface area contributed by atoms with Crippen LogP contribution < -0.4 is 5.32 Å². The molecule has 3 aromatic rings. The average Bonchev–Trinajstić information content (AvgIpc) is 3.14. The first kappa shape index (κ1) is 17.0. The second kappa shape index (κ2) is 6.94. The second-order valence-corrected chi connectivity index (χ2v) is 7.64. The van der Waals surface area contributed by atoms with E-state index in [4.69, 9.17) is 0 Å². The molecule has 2 aromatic heterocycles. The van der Waals surface area contributed by atoms with E-state index in [1.54, 1.807) is 13.0 Å². The highest BCUT2D eigenvalue weighted by atomic mass is 32.1. The molecule has 0 aliphatic rings. The molecule has 3 rings (SSSR count). The number of aryl methyl sites for hydroxylation is 1. The second-order valence-electron chi connectivity index (χ2n) is 5.58. The summed E-state index contributed by atoms with van der Waals surface area (Å²) >= 11 is 2.70. The zero-order valence-corrected chi connectivity index (χ0v) is 15.4. The van der Waals surface area contributed by atoms with Crippen molar-refractivity contribution in [1.82, 2.24) is 10.2 Å². The summed E-state index contributed by atoms with van der Waals surface area (Å²) in [7, 11) is 0. The Bertz CT molecular complexity index is 883. The molecular formula is C17H18FN3OS2. The lowest BCUT2D eigenvalue weighted by Gasteiger charge is -2.05. The maximum Gasteiger partial charge on any atom is 0.267 e. The molecule has 0 saturated carbocycles. The zero-order chi connectivity index (χ0) is 17.3. The highest BCUT2D eigenvalue weighted by Crippen LogP contribution is 2.34. The van der Waals surface area contributed by atoms with Gasteiger partial charge in [-0.15, -0.1) is 21.5 Å². The monoisotopic (exact) mass is 363 g/mol. The topological polar surface area (TPSA) is 54.9 Å². The van der Waals surface area contributed by atoms with Crippen LogP contribution in [0.4, 0.5) is 9.52 Å². The summed E-state index contributed by atoms with van der Waals surface area (Å²) in [4.78, 5) is 13.1. The number of hydrogen-bond acceptors (Lipinski definition) is 5. The van der Waals surface area contributed by atoms with Crippen molar-refractivity contribution in [3.05, 3.63) is 39.5 Å². The van der Waals surface area contributed by atoms with E-state index in [1.807, 2.05) is 6.07 Å². The van der Waals surface area contributed by atoms with Crippen LogP contribution in [0.15, 0.2) is 18.2 Å². The summed E-state index contributed by atoms with van der Waals surface area (Å²) in [5.74, 6) is -0.194. The number of carbonyl (C=O) groups is 1. The maximum atomic E-state index is 14.0. The smallest absolute Gasteiger partial charge is 0.267 e. The van der Waals surface area contributed by atoms with Gasteiger partial charge in [-0.3, -0.25) is 10.1 Å². The van der Waals surface area contributed by atoms with Gasteiger partial charge in [0.2, 0.25) is 5.13 Å². The van der Waals surface area contributed by atoms with Crippen molar-refractivity contribution in [2.45, 2.75) is 39.5 Å². The van der Waals surface area contributed by atoms with E-state index in [0.717, 1.165) is 22.5 Å². The molecule has 0 saturated heterocycles. The minimum atomic E-state index is -0.299. The molecular weight excluding hydrogens is 345 g/mol. The fraction of sp³-hybridized carbons (Fsp3) is 0.353. The van der Waals surface area contributed by atoms with Crippen LogP contribution in [0, 0.1) is 12.7 Å². The molecule has 0 aliphatic carbocycles. The molecule has 2 heterocycles. The molecule has 126 valence electrons. The van der Waals surface area contributed by atoms with Gasteiger partial charge in [-0.25, -0.2) is 4.39 Å². The number of halogens is 1. The largest absolute Gasteiger partial charge is 0.296 e. The summed E-state index contributed by atoms with van der Waals surface area (Å²) in [6.45, 7) is 6.00. The molecule has 7 heteroatoms. The number of amides is 1. The Hall–Kier alpha value is -1.86. The Morgan fingerprint density at radius 3 is 2.67 bits per heavy atom. The van der Waals surface area contributed by atoms with Crippen molar-refractivity contribution in [1.29, 1.82) is 0 Å². The predicted molar refractivity (Wildman–Crippen MR) is 97.7 cm³/mol. The van der Waals surface area contributed by atoms with E-state index in [2.05, 4.69) is 29.4 Å². The van der Waals surface area contributed by atoms with Gasteiger partial charge in [-0.05, 0) is 37.5 Å². The third kappa shape index (κ3) is 3.06. The number of carbonyl (C=O) groups excluding carboxylic acids is 1. The van der Waals surface area contributed by atoms with Crippen LogP contribution in [0.5, 0.6) is 0 Å². The molecule has 1 N–H and O–H groups in total. The van der Waals surface area contributed by atoms with Crippen molar-refractivity contribution in [3.8, 4) is 0 Å². The normalized spacial score (nSPS) is 11.4. The van der Waals surface area contributed by atoms with Crippen molar-refractivity contribution < 1.29 is 9.18 Å². The zero-order valence-electron chi connectivity index (χ0n) is 13.7. The Balaban J connectivity index is 1.86. The molecule has 1 aromatic carbocycles. The van der Waals surface area contributed by atoms with E-state index >= 15 is 0 Å². The third-order valence-electron chi connectivity index (χ3n) is 4.11. The van der Waals surface area contributed by atoms with E-state index in [0.29, 0.717) is 26.9 Å². The van der Waals surface area contributed by atoms with E-state index in [1.165, 1.54) is 28.7 Å². The van der Waals surface area contributed by atoms with Gasteiger partial charge in [0, 0.05) is 16.0 Å². The number of thiophene rings is 1. The third-order valence-corrected chi connectivity index (χ3v) is 6.36. The summed E-state index contributed by atoms with van der Waals surface area (Å²) in [6.07, 6.45) is 1.99. The molecule has 1 amide bonds. The molecule has 0 fully saturated rings. The number of nitrogens with zero attached hydrogens (tertiary/aromatic N) is 2. The lowest BCUT2D eigenvalue weighted by Crippen LogP contribution is -2.11. The van der Waals surface area contributed by atoms with Crippen LogP contribution in [0.2, 0.25) is 0 Å². The van der Waals surface area contributed by atoms with Crippen LogP contribution in [-0.4, -0.2) is 16.1 Å². The molecule has 0 radical (unpaired) electrons. The number of nitrogens with one attached hydrogen (secondary N) is 1. The van der Waals surface area contributed by atoms with Crippen LogP contribution in [0.1, 0.15) is 52.8 Å². The summed E-state index contributed by atoms with van der Waals surface area (Å²) < 4.78 is 14.7. The molecule has 0 aliphatic heterocycles. The molecule has 0 atom stereocenters. The number of hydrogen-bond donors (Lipinski definition) is 1. The first-order valence-corrected chi connectivity index (χ1v) is 9.50. The standard InChI is InChI=1S/C17H18FN3OS2/c1-4-10(5-2)16-20-21-17(24-16)19-15(22)14-9(3)13-11(18)7-6-8-12(13)23-14/h6-8,10H,4-5H2,1-3H3,(H,19,21,22). The van der Waals surface area contributed by atoms with E-state index in [-0.39, 0.29) is 11.7 Å². The first-order valence-electron chi connectivity index (χ1n) is 7.87. The van der Waals surface area contributed by atoms with Gasteiger partial charge in [-0.2, -0.15) is 0 Å². The van der Waals surface area contributed by atoms with Crippen molar-refractivity contribution in [3.63, 3.8) is 0 Å². The number of anilines is 1. The number of benzene rings is 1. The summed E-state index contributed by atoms with van der Waals surface area (Å²) in [6, 6.07) is 4.89. The molecule has 0 spiro atoms. The lowest BCUT2D eigenvalue weighted by atomic mass is 10.1. The number of fused-ring (bicyclic) bond motifs is 1. The van der Waals surface area contributed by atoms with Crippen molar-refractivity contribution >= 4 is 43.8 Å². The fourth-order valence-corrected chi connectivity index (χ4v) is 4.84. The quantitative estimate of drug-likeness (QED) is 0.664. The van der Waals surface area contributed by atoms with Gasteiger partial charge < -0.3 is 0 Å². The molecule has 24 heavy (non-hydrogen) atoms. The van der Waals surface area contributed by atoms with Crippen LogP contribution >= 0.6 is 22.7 Å². The highest BCUT2D eigenvalue weighted by Gasteiger charge is 2.20. The summed E-state index contributed by atoms with van der Waals surface area (Å²) in [5, 5.41) is 13.0. The van der Waals surface area contributed by atoms with Gasteiger partial charge in [0.25, 0.3) is 5.91 Å². The summed E-state index contributed by atoms with van der Waals surface area (Å²) in [5.41, 5.74) is 0.662. The fourth-order valence-electron chi connectivity index (χ4n) is 2.71. The molecule has 4 nitrogen and oxygen atoms in total. The predicted octanol–water partition coefficient (Wildman–Crippen LogP) is 5.36. The van der Waals surface area contributed by atoms with Crippen LogP contribution in [-0.2, 0) is 0 Å². The Labute approximate surface area is 147 Å². The van der Waals surface area contributed by atoms with Crippen LogP contribution in [0.25, 0.3) is 10.1 Å². The average molecular weight is 363 g/mol. The van der Waals surface area contributed by atoms with Gasteiger partial charge in [0.15, 0.2) is 0 Å². The van der Waals surface area contributed by atoms with Crippen molar-refractivity contribution in [2.24, 2.45) is 0 Å². The number of aromatic nitrogens is 2. The number of rotatable bonds is 5. The molecule has 0 bridgehead atoms. The van der Waals surface area contributed by atoms with Gasteiger partial charge in [0.1, 0.15) is 10.8 Å². The van der Waals surface area contributed by atoms with Gasteiger partial charge in [0.05, 0.1) is 4.88 Å². The van der Waals surface area contributed by atoms with Gasteiger partial charge in [-0.1, -0.05) is 31.3 Å². The van der Waals surface area contributed by atoms with Crippen molar-refractivity contribution in [2.75, 3.05) is 5.32 Å². The Morgan fingerprint density at radius 2 is 2.00 bits per heavy atom. The Morgan fingerprint density at radius 1 is 1.25 bits per heavy atom. The molecule has 0 unspecified atom stereocenters. The highest BCUT2D eigenvalue weighted by molar-refractivity contribution is 7.21.